The van der Waals surface area contributed by atoms with Crippen molar-refractivity contribution in [2.45, 2.75) is 6.54 Å². The molecule has 30 heavy (non-hydrogen) atoms. The lowest BCUT2D eigenvalue weighted by molar-refractivity contribution is 0.209. The summed E-state index contributed by atoms with van der Waals surface area (Å²) < 4.78 is 29.9. The molecule has 4 aromatic rings. The highest BCUT2D eigenvalue weighted by atomic mass is 19.1. The monoisotopic (exact) mass is 412 g/mol. The normalized spacial score (nSPS) is 11.0. The fourth-order valence-electron chi connectivity index (χ4n) is 3.01. The van der Waals surface area contributed by atoms with Crippen LogP contribution >= 0.6 is 0 Å². The number of nitrogen functional groups attached to an aromatic ring is 2. The van der Waals surface area contributed by atoms with Gasteiger partial charge in [0.2, 0.25) is 0 Å². The van der Waals surface area contributed by atoms with Crippen LogP contribution in [-0.4, -0.2) is 35.9 Å². The predicted molar refractivity (Wildman–Crippen MR) is 104 cm³/mol. The maximum absolute atomic E-state index is 14.6. The second-order valence-corrected chi connectivity index (χ2v) is 6.27. The zero-order valence-corrected chi connectivity index (χ0v) is 15.2. The highest BCUT2D eigenvalue weighted by Gasteiger charge is 2.22. The minimum atomic E-state index is -1.40. The number of amides is 1. The van der Waals surface area contributed by atoms with E-state index in [1.54, 1.807) is 24.5 Å². The highest BCUT2D eigenvalue weighted by molar-refractivity contribution is 5.95. The Kier molecular flexibility index (Phi) is 4.58. The third-order valence-electron chi connectivity index (χ3n) is 4.23. The van der Waals surface area contributed by atoms with Gasteiger partial charge in [-0.2, -0.15) is 5.10 Å². The molecule has 0 atom stereocenters. The van der Waals surface area contributed by atoms with Gasteiger partial charge in [0, 0.05) is 23.8 Å². The number of anilines is 3. The van der Waals surface area contributed by atoms with Crippen molar-refractivity contribution in [3.63, 3.8) is 0 Å². The topological polar surface area (TPSA) is 158 Å². The zero-order valence-electron chi connectivity index (χ0n) is 15.2. The summed E-state index contributed by atoms with van der Waals surface area (Å²) in [5, 5.41) is 15.3. The number of nitrogens with zero attached hydrogens (tertiary/aromatic N) is 5. The number of halogens is 2. The molecule has 152 valence electrons. The number of fused-ring (bicyclic) bond motifs is 1. The number of nitrogens with two attached hydrogens (primary N) is 2. The summed E-state index contributed by atoms with van der Waals surface area (Å²) in [6, 6.07) is 5.34. The van der Waals surface area contributed by atoms with Gasteiger partial charge >= 0.3 is 6.09 Å². The first kappa shape index (κ1) is 19.0. The number of rotatable bonds is 4. The minimum absolute atomic E-state index is 0.0312. The largest absolute Gasteiger partial charge is 0.465 e. The number of pyridine rings is 1. The van der Waals surface area contributed by atoms with Crippen LogP contribution in [0.25, 0.3) is 22.4 Å². The average Bonchev–Trinajstić information content (AvgIpc) is 3.03. The van der Waals surface area contributed by atoms with Crippen LogP contribution in [0.5, 0.6) is 0 Å². The van der Waals surface area contributed by atoms with Gasteiger partial charge in [0.25, 0.3) is 0 Å². The van der Waals surface area contributed by atoms with Crippen molar-refractivity contribution < 1.29 is 18.7 Å². The maximum Gasteiger partial charge on any atom is 0.409 e. The van der Waals surface area contributed by atoms with E-state index in [2.05, 4.69) is 20.1 Å². The molecule has 0 aliphatic heterocycles. The molecule has 3 aromatic heterocycles. The molecule has 0 radical (unpaired) electrons. The van der Waals surface area contributed by atoms with Crippen LogP contribution in [0.3, 0.4) is 0 Å². The number of nitrogens with one attached hydrogen (secondary N) is 1. The van der Waals surface area contributed by atoms with Crippen LogP contribution in [-0.2, 0) is 6.54 Å². The summed E-state index contributed by atoms with van der Waals surface area (Å²) in [5.74, 6) is -2.26. The Labute approximate surface area is 167 Å². The van der Waals surface area contributed by atoms with Crippen molar-refractivity contribution in [2.75, 3.05) is 16.8 Å². The second kappa shape index (κ2) is 7.24. The van der Waals surface area contributed by atoms with Crippen LogP contribution in [0, 0.1) is 11.6 Å². The van der Waals surface area contributed by atoms with E-state index >= 15 is 0 Å². The van der Waals surface area contributed by atoms with E-state index in [0.717, 1.165) is 17.7 Å². The first-order valence-electron chi connectivity index (χ1n) is 8.51. The molecule has 0 unspecified atom stereocenters. The van der Waals surface area contributed by atoms with Gasteiger partial charge in [-0.1, -0.05) is 6.07 Å². The lowest BCUT2D eigenvalue weighted by Gasteiger charge is -2.08. The third-order valence-corrected chi connectivity index (χ3v) is 4.23. The van der Waals surface area contributed by atoms with E-state index in [0.29, 0.717) is 0 Å². The number of hydrogen-bond acceptors (Lipinski definition) is 7. The molecule has 0 fully saturated rings. The molecular weight excluding hydrogens is 398 g/mol. The lowest BCUT2D eigenvalue weighted by Crippen LogP contribution is -2.14. The molecule has 0 saturated carbocycles. The summed E-state index contributed by atoms with van der Waals surface area (Å²) in [6.45, 7) is 0.149. The lowest BCUT2D eigenvalue weighted by atomic mass is 10.2. The Morgan fingerprint density at radius 2 is 1.93 bits per heavy atom. The zero-order chi connectivity index (χ0) is 21.4. The van der Waals surface area contributed by atoms with Gasteiger partial charge in [0.1, 0.15) is 22.7 Å². The highest BCUT2D eigenvalue weighted by Crippen LogP contribution is 2.32. The average molecular weight is 412 g/mol. The third kappa shape index (κ3) is 3.41. The molecule has 0 aliphatic rings. The summed E-state index contributed by atoms with van der Waals surface area (Å²) in [6.07, 6.45) is 1.78. The predicted octanol–water partition coefficient (Wildman–Crippen LogP) is 2.47. The van der Waals surface area contributed by atoms with Crippen LogP contribution in [0.1, 0.15) is 5.56 Å². The summed E-state index contributed by atoms with van der Waals surface area (Å²) in [5.41, 5.74) is 12.2. The van der Waals surface area contributed by atoms with Crippen molar-refractivity contribution >= 4 is 34.3 Å². The fraction of sp³-hybridized carbons (Fsp3) is 0.0556. The van der Waals surface area contributed by atoms with Crippen LogP contribution in [0.2, 0.25) is 0 Å². The molecule has 3 heterocycles. The first-order chi connectivity index (χ1) is 14.3. The van der Waals surface area contributed by atoms with Gasteiger partial charge in [-0.3, -0.25) is 15.0 Å². The number of benzene rings is 1. The molecule has 0 aliphatic carbocycles. The number of aromatic nitrogens is 5. The first-order valence-corrected chi connectivity index (χ1v) is 8.51. The van der Waals surface area contributed by atoms with Crippen molar-refractivity contribution in [1.29, 1.82) is 0 Å². The molecule has 0 spiro atoms. The van der Waals surface area contributed by atoms with Crippen molar-refractivity contribution in [3.05, 3.63) is 53.9 Å². The second-order valence-electron chi connectivity index (χ2n) is 6.27. The van der Waals surface area contributed by atoms with E-state index in [-0.39, 0.29) is 46.3 Å². The van der Waals surface area contributed by atoms with E-state index in [4.69, 9.17) is 16.6 Å². The molecule has 6 N–H and O–H groups in total. The molecule has 12 heteroatoms. The van der Waals surface area contributed by atoms with Gasteiger partial charge < -0.3 is 16.6 Å². The standard InChI is InChI=1S/C18H14F2N8O2/c19-9-4-10-12(17-25-15(21)13(16(22)26-17)24-18(29)30)27-28(14(10)11(20)5-9)7-8-2-1-3-23-6-8/h1-6,24H,7H2,(H,29,30)(H4,21,22,25,26). The van der Waals surface area contributed by atoms with E-state index in [9.17, 15) is 13.6 Å². The Morgan fingerprint density at radius 1 is 1.20 bits per heavy atom. The smallest absolute Gasteiger partial charge is 0.409 e. The van der Waals surface area contributed by atoms with Crippen molar-refractivity contribution in [3.8, 4) is 11.5 Å². The van der Waals surface area contributed by atoms with Gasteiger partial charge in [-0.25, -0.2) is 23.5 Å². The fourth-order valence-corrected chi connectivity index (χ4v) is 3.01. The molecular formula is C18H14F2N8O2. The Bertz CT molecular complexity index is 1250. The van der Waals surface area contributed by atoms with Gasteiger partial charge in [-0.05, 0) is 17.7 Å². The quantitative estimate of drug-likeness (QED) is 0.398. The maximum atomic E-state index is 14.6. The summed E-state index contributed by atoms with van der Waals surface area (Å²) >= 11 is 0. The Morgan fingerprint density at radius 3 is 2.57 bits per heavy atom. The van der Waals surface area contributed by atoms with Gasteiger partial charge in [0.05, 0.1) is 6.54 Å². The molecule has 1 aromatic carbocycles. The van der Waals surface area contributed by atoms with Crippen LogP contribution in [0.15, 0.2) is 36.7 Å². The summed E-state index contributed by atoms with van der Waals surface area (Å²) in [7, 11) is 0. The number of hydrogen-bond donors (Lipinski definition) is 4. The van der Waals surface area contributed by atoms with E-state index in [1.807, 2.05) is 5.32 Å². The van der Waals surface area contributed by atoms with Crippen LogP contribution in [0.4, 0.5) is 30.9 Å². The molecule has 4 rings (SSSR count). The van der Waals surface area contributed by atoms with Crippen molar-refractivity contribution in [2.24, 2.45) is 0 Å². The van der Waals surface area contributed by atoms with Crippen molar-refractivity contribution in [1.82, 2.24) is 24.7 Å². The number of carboxylic acid groups (broad SMARTS) is 1. The van der Waals surface area contributed by atoms with Gasteiger partial charge in [-0.15, -0.1) is 0 Å². The van der Waals surface area contributed by atoms with E-state index in [1.165, 1.54) is 4.68 Å². The van der Waals surface area contributed by atoms with E-state index < -0.39 is 17.7 Å². The summed E-state index contributed by atoms with van der Waals surface area (Å²) in [4.78, 5) is 22.9. The number of carbonyl (C=O) groups is 1. The molecule has 1 amide bonds. The Hall–Kier alpha value is -4.35. The van der Waals surface area contributed by atoms with Crippen LogP contribution < -0.4 is 16.8 Å². The van der Waals surface area contributed by atoms with Gasteiger partial charge in [0.15, 0.2) is 23.3 Å². The molecule has 0 saturated heterocycles. The molecule has 0 bridgehead atoms. The Balaban J connectivity index is 1.90. The molecule has 10 nitrogen and oxygen atoms in total. The SMILES string of the molecule is Nc1nc(-c2nn(Cc3cccnc3)c3c(F)cc(F)cc23)nc(N)c1NC(=O)O. The minimum Gasteiger partial charge on any atom is -0.465 e.